The Bertz CT molecular complexity index is 853. The van der Waals surface area contributed by atoms with Crippen LogP contribution in [0.5, 0.6) is 0 Å². The third-order valence-electron chi connectivity index (χ3n) is 4.44. The lowest BCUT2D eigenvalue weighted by atomic mass is 9.88. The Labute approximate surface area is 156 Å². The largest absolute Gasteiger partial charge is 0.465 e. The van der Waals surface area contributed by atoms with Crippen LogP contribution < -0.4 is 0 Å². The lowest BCUT2D eigenvalue weighted by Gasteiger charge is -2.11. The molecule has 0 atom stereocenters. The van der Waals surface area contributed by atoms with E-state index in [0.29, 0.717) is 0 Å². The molecule has 0 unspecified atom stereocenters. The second-order valence-corrected chi connectivity index (χ2v) is 6.44. The van der Waals surface area contributed by atoms with Crippen LogP contribution in [0.3, 0.4) is 0 Å². The number of ketones is 3. The minimum atomic E-state index is -0.646. The molecule has 1 aromatic carbocycles. The van der Waals surface area contributed by atoms with Crippen molar-refractivity contribution in [1.82, 2.24) is 0 Å². The van der Waals surface area contributed by atoms with E-state index in [2.05, 4.69) is 6.92 Å². The van der Waals surface area contributed by atoms with E-state index in [0.717, 1.165) is 25.7 Å². The van der Waals surface area contributed by atoms with Gasteiger partial charge in [0, 0.05) is 11.1 Å². The van der Waals surface area contributed by atoms with Crippen molar-refractivity contribution in [3.63, 3.8) is 0 Å². The van der Waals surface area contributed by atoms with Gasteiger partial charge in [0.15, 0.2) is 17.3 Å². The normalized spacial score (nSPS) is 12.5. The topological polar surface area (TPSA) is 90.7 Å². The fourth-order valence-corrected chi connectivity index (χ4v) is 3.00. The van der Waals surface area contributed by atoms with Crippen molar-refractivity contribution in [2.24, 2.45) is 0 Å². The van der Waals surface area contributed by atoms with E-state index in [9.17, 15) is 19.2 Å². The number of furan rings is 1. The number of rotatable bonds is 8. The average molecular weight is 368 g/mol. The number of unbranched alkanes of at least 4 members (excludes halogenated alkanes) is 3. The Morgan fingerprint density at radius 3 is 2.37 bits per heavy atom. The number of ether oxygens (including phenoxy) is 1. The van der Waals surface area contributed by atoms with Crippen LogP contribution in [0.1, 0.15) is 81.6 Å². The summed E-state index contributed by atoms with van der Waals surface area (Å²) in [6, 6.07) is 7.65. The molecule has 0 fully saturated rings. The number of Topliss-reactive ketones (excluding diaryl/α,β-unsaturated/α-hetero) is 1. The molecule has 1 aromatic heterocycles. The summed E-state index contributed by atoms with van der Waals surface area (Å²) >= 11 is 0. The molecule has 0 N–H and O–H groups in total. The van der Waals surface area contributed by atoms with Crippen molar-refractivity contribution >= 4 is 23.3 Å². The van der Waals surface area contributed by atoms with E-state index < -0.39 is 24.0 Å². The maximum atomic E-state index is 12.5. The smallest absolute Gasteiger partial charge is 0.313 e. The molecule has 1 aliphatic rings. The molecule has 0 spiro atoms. The van der Waals surface area contributed by atoms with Crippen LogP contribution in [-0.4, -0.2) is 29.9 Å². The number of esters is 1. The Morgan fingerprint density at radius 1 is 0.963 bits per heavy atom. The summed E-state index contributed by atoms with van der Waals surface area (Å²) in [4.78, 5) is 49.1. The van der Waals surface area contributed by atoms with Crippen molar-refractivity contribution in [3.8, 4) is 0 Å². The molecular formula is C21H20O6. The standard InChI is InChI=1S/C21H20O6/c1-2-3-4-7-10-26-18(23)12-16(22)17-11-15-19(24)13-8-5-6-9-14(13)20(25)21(15)27-17/h5-6,8-9,11H,2-4,7,10,12H2,1H3. The van der Waals surface area contributed by atoms with Crippen LogP contribution in [0.2, 0.25) is 0 Å². The van der Waals surface area contributed by atoms with E-state index >= 15 is 0 Å². The zero-order valence-electron chi connectivity index (χ0n) is 15.1. The number of carbonyl (C=O) groups excluding carboxylic acids is 4. The SMILES string of the molecule is CCCCCCOC(=O)CC(=O)c1cc2c(o1)C(=O)c1ccccc1C2=O. The predicted molar refractivity (Wildman–Crippen MR) is 96.1 cm³/mol. The first-order valence-electron chi connectivity index (χ1n) is 9.04. The van der Waals surface area contributed by atoms with Crippen LogP contribution in [0.15, 0.2) is 34.7 Å². The third-order valence-corrected chi connectivity index (χ3v) is 4.44. The summed E-state index contributed by atoms with van der Waals surface area (Å²) in [6.45, 7) is 2.36. The zero-order valence-corrected chi connectivity index (χ0v) is 15.1. The Hall–Kier alpha value is -3.02. The third kappa shape index (κ3) is 3.89. The highest BCUT2D eigenvalue weighted by Gasteiger charge is 2.34. The fraction of sp³-hybridized carbons (Fsp3) is 0.333. The van der Waals surface area contributed by atoms with Crippen molar-refractivity contribution in [2.45, 2.75) is 39.0 Å². The number of carbonyl (C=O) groups is 4. The van der Waals surface area contributed by atoms with Gasteiger partial charge in [-0.05, 0) is 12.5 Å². The maximum Gasteiger partial charge on any atom is 0.313 e. The second kappa shape index (κ2) is 8.12. The summed E-state index contributed by atoms with van der Waals surface area (Å²) in [6.07, 6.45) is 3.38. The minimum absolute atomic E-state index is 0.0509. The first-order valence-corrected chi connectivity index (χ1v) is 9.04. The van der Waals surface area contributed by atoms with E-state index in [1.807, 2.05) is 0 Å². The van der Waals surface area contributed by atoms with Crippen LogP contribution in [-0.2, 0) is 9.53 Å². The molecule has 6 nitrogen and oxygen atoms in total. The van der Waals surface area contributed by atoms with Crippen molar-refractivity contribution in [2.75, 3.05) is 6.61 Å². The van der Waals surface area contributed by atoms with E-state index in [-0.39, 0.29) is 40.6 Å². The summed E-state index contributed by atoms with van der Waals surface area (Å²) in [5.41, 5.74) is 0.575. The lowest BCUT2D eigenvalue weighted by molar-refractivity contribution is -0.142. The molecule has 2 aromatic rings. The molecule has 27 heavy (non-hydrogen) atoms. The van der Waals surface area contributed by atoms with Gasteiger partial charge in [0.1, 0.15) is 6.42 Å². The van der Waals surface area contributed by atoms with Crippen LogP contribution >= 0.6 is 0 Å². The van der Waals surface area contributed by atoms with Crippen LogP contribution in [0.25, 0.3) is 0 Å². The molecule has 1 heterocycles. The van der Waals surface area contributed by atoms with E-state index in [1.54, 1.807) is 24.3 Å². The predicted octanol–water partition coefficient (Wildman–Crippen LogP) is 3.75. The maximum absolute atomic E-state index is 12.5. The first-order chi connectivity index (χ1) is 13.0. The molecule has 3 rings (SSSR count). The number of fused-ring (bicyclic) bond motifs is 2. The van der Waals surface area contributed by atoms with E-state index in [4.69, 9.17) is 9.15 Å². The van der Waals surface area contributed by atoms with Crippen LogP contribution in [0, 0.1) is 0 Å². The lowest BCUT2D eigenvalue weighted by Crippen LogP contribution is -2.18. The molecule has 140 valence electrons. The highest BCUT2D eigenvalue weighted by atomic mass is 16.5. The molecular weight excluding hydrogens is 348 g/mol. The zero-order chi connectivity index (χ0) is 19.4. The van der Waals surface area contributed by atoms with Crippen molar-refractivity contribution < 1.29 is 28.3 Å². The van der Waals surface area contributed by atoms with Gasteiger partial charge >= 0.3 is 5.97 Å². The van der Waals surface area contributed by atoms with Crippen molar-refractivity contribution in [1.29, 1.82) is 0 Å². The first kappa shape index (κ1) is 18.8. The number of hydrogen-bond acceptors (Lipinski definition) is 6. The fourth-order valence-electron chi connectivity index (χ4n) is 3.00. The summed E-state index contributed by atoms with van der Waals surface area (Å²) in [5.74, 6) is -2.42. The van der Waals surface area contributed by atoms with Crippen LogP contribution in [0.4, 0.5) is 0 Å². The molecule has 0 saturated carbocycles. The van der Waals surface area contributed by atoms with Gasteiger partial charge in [-0.3, -0.25) is 19.2 Å². The molecule has 0 saturated heterocycles. The summed E-state index contributed by atoms with van der Waals surface area (Å²) in [5, 5.41) is 0. The Balaban J connectivity index is 1.67. The molecule has 0 amide bonds. The van der Waals surface area contributed by atoms with Gasteiger partial charge in [-0.25, -0.2) is 0 Å². The monoisotopic (exact) mass is 368 g/mol. The quantitative estimate of drug-likeness (QED) is 0.260. The Kier molecular flexibility index (Phi) is 5.64. The second-order valence-electron chi connectivity index (χ2n) is 6.44. The van der Waals surface area contributed by atoms with E-state index in [1.165, 1.54) is 6.07 Å². The summed E-state index contributed by atoms with van der Waals surface area (Å²) < 4.78 is 10.4. The number of hydrogen-bond donors (Lipinski definition) is 0. The van der Waals surface area contributed by atoms with Gasteiger partial charge in [0.2, 0.25) is 11.6 Å². The van der Waals surface area contributed by atoms with Crippen molar-refractivity contribution in [3.05, 3.63) is 58.5 Å². The highest BCUT2D eigenvalue weighted by Crippen LogP contribution is 2.30. The number of benzene rings is 1. The van der Waals surface area contributed by atoms with Gasteiger partial charge in [0.05, 0.1) is 12.2 Å². The molecule has 0 aliphatic heterocycles. The molecule has 0 radical (unpaired) electrons. The van der Waals surface area contributed by atoms with Gasteiger partial charge in [-0.1, -0.05) is 50.5 Å². The summed E-state index contributed by atoms with van der Waals surface area (Å²) in [7, 11) is 0. The Morgan fingerprint density at radius 2 is 1.67 bits per heavy atom. The minimum Gasteiger partial charge on any atom is -0.465 e. The van der Waals surface area contributed by atoms with Gasteiger partial charge in [-0.15, -0.1) is 0 Å². The highest BCUT2D eigenvalue weighted by molar-refractivity contribution is 6.28. The van der Waals surface area contributed by atoms with Gasteiger partial charge in [-0.2, -0.15) is 0 Å². The molecule has 1 aliphatic carbocycles. The van der Waals surface area contributed by atoms with Gasteiger partial charge in [0.25, 0.3) is 0 Å². The molecule has 0 bridgehead atoms. The van der Waals surface area contributed by atoms with Gasteiger partial charge < -0.3 is 9.15 Å². The molecule has 6 heteroatoms. The average Bonchev–Trinajstić information content (AvgIpc) is 3.12.